The monoisotopic (exact) mass is 386 g/mol. The Balaban J connectivity index is 1.67. The van der Waals surface area contributed by atoms with Gasteiger partial charge in [-0.15, -0.1) is 11.3 Å². The Morgan fingerprint density at radius 1 is 1.32 bits per heavy atom. The van der Waals surface area contributed by atoms with E-state index in [9.17, 15) is 13.2 Å². The summed E-state index contributed by atoms with van der Waals surface area (Å²) in [6.45, 7) is 4.01. The molecule has 0 unspecified atom stereocenters. The molecule has 2 fully saturated rings. The van der Waals surface area contributed by atoms with Crippen LogP contribution in [0.4, 0.5) is 5.13 Å². The van der Waals surface area contributed by atoms with Crippen molar-refractivity contribution in [2.75, 3.05) is 37.8 Å². The number of piperidine rings is 2. The van der Waals surface area contributed by atoms with Gasteiger partial charge in [0.25, 0.3) is 0 Å². The van der Waals surface area contributed by atoms with Gasteiger partial charge in [0.15, 0.2) is 19.7 Å². The third-order valence-electron chi connectivity index (χ3n) is 5.14. The van der Waals surface area contributed by atoms with E-state index in [1.54, 1.807) is 0 Å². The molecule has 7 nitrogen and oxygen atoms in total. The van der Waals surface area contributed by atoms with Crippen molar-refractivity contribution in [3.8, 4) is 0 Å². The molecular formula is C16H26N4O3S2. The summed E-state index contributed by atoms with van der Waals surface area (Å²) in [5.74, 6) is -0.449. The zero-order valence-electron chi connectivity index (χ0n) is 14.6. The number of hydrogen-bond donors (Lipinski definition) is 2. The van der Waals surface area contributed by atoms with Gasteiger partial charge in [0.1, 0.15) is 0 Å². The van der Waals surface area contributed by atoms with E-state index in [1.165, 1.54) is 30.6 Å². The molecule has 1 aromatic rings. The number of amides is 1. The number of rotatable bonds is 5. The number of carbonyl (C=O) groups excluding carboxylic acids is 1. The molecule has 2 N–H and O–H groups in total. The first-order chi connectivity index (χ1) is 11.9. The highest BCUT2D eigenvalue weighted by Crippen LogP contribution is 2.30. The molecule has 140 valence electrons. The summed E-state index contributed by atoms with van der Waals surface area (Å²) in [5, 5.41) is 8.31. The minimum atomic E-state index is -3.51. The fraction of sp³-hybridized carbons (Fsp3) is 0.750. The Morgan fingerprint density at radius 2 is 2.00 bits per heavy atom. The van der Waals surface area contributed by atoms with Gasteiger partial charge in [-0.25, -0.2) is 13.4 Å². The predicted octanol–water partition coefficient (Wildman–Crippen LogP) is 1.23. The molecule has 0 spiro atoms. The Hall–Kier alpha value is -1.03. The van der Waals surface area contributed by atoms with Gasteiger partial charge in [0.2, 0.25) is 5.91 Å². The Morgan fingerprint density at radius 3 is 2.64 bits per heavy atom. The molecule has 1 amide bonds. The lowest BCUT2D eigenvalue weighted by Gasteiger charge is -2.33. The summed E-state index contributed by atoms with van der Waals surface area (Å²) in [6.07, 6.45) is 5.48. The van der Waals surface area contributed by atoms with E-state index in [1.807, 2.05) is 5.38 Å². The average molecular weight is 387 g/mol. The zero-order chi connectivity index (χ0) is 17.9. The second kappa shape index (κ2) is 7.69. The Bertz CT molecular complexity index is 705. The van der Waals surface area contributed by atoms with Crippen LogP contribution in [0.25, 0.3) is 0 Å². The smallest absolute Gasteiger partial charge is 0.247 e. The maximum Gasteiger partial charge on any atom is 0.247 e. The predicted molar refractivity (Wildman–Crippen MR) is 99.6 cm³/mol. The maximum absolute atomic E-state index is 12.8. The molecule has 0 saturated carbocycles. The number of anilines is 1. The van der Waals surface area contributed by atoms with Crippen molar-refractivity contribution in [2.24, 2.45) is 0 Å². The number of thiazole rings is 1. The number of likely N-dealkylation sites (tertiary alicyclic amines) is 1. The van der Waals surface area contributed by atoms with Crippen molar-refractivity contribution in [3.05, 3.63) is 11.1 Å². The fourth-order valence-electron chi connectivity index (χ4n) is 3.59. The highest BCUT2D eigenvalue weighted by molar-refractivity contribution is 7.92. The Kier molecular flexibility index (Phi) is 5.77. The fourth-order valence-corrected chi connectivity index (χ4v) is 5.62. The lowest BCUT2D eigenvalue weighted by Crippen LogP contribution is -2.55. The van der Waals surface area contributed by atoms with Crippen molar-refractivity contribution in [1.29, 1.82) is 0 Å². The van der Waals surface area contributed by atoms with E-state index in [2.05, 4.69) is 20.5 Å². The molecule has 0 aliphatic carbocycles. The van der Waals surface area contributed by atoms with Gasteiger partial charge < -0.3 is 10.6 Å². The number of nitrogens with zero attached hydrogens (tertiary/aromatic N) is 2. The van der Waals surface area contributed by atoms with Crippen LogP contribution in [0.5, 0.6) is 0 Å². The molecule has 0 radical (unpaired) electrons. The van der Waals surface area contributed by atoms with Gasteiger partial charge in [-0.3, -0.25) is 9.69 Å². The van der Waals surface area contributed by atoms with Crippen LogP contribution in [-0.2, 0) is 21.2 Å². The van der Waals surface area contributed by atoms with Crippen LogP contribution in [0.3, 0.4) is 0 Å². The van der Waals surface area contributed by atoms with Gasteiger partial charge in [0.05, 0.1) is 5.69 Å². The molecule has 9 heteroatoms. The van der Waals surface area contributed by atoms with Gasteiger partial charge in [0, 0.05) is 18.2 Å². The lowest BCUT2D eigenvalue weighted by atomic mass is 9.96. The number of sulfone groups is 1. The second-order valence-corrected chi connectivity index (χ2v) is 10.1. The number of nitrogens with one attached hydrogen (secondary N) is 2. The topological polar surface area (TPSA) is 91.4 Å². The van der Waals surface area contributed by atoms with Gasteiger partial charge in [-0.1, -0.05) is 6.42 Å². The van der Waals surface area contributed by atoms with Crippen LogP contribution in [-0.4, -0.2) is 61.4 Å². The normalized spacial score (nSPS) is 21.8. The van der Waals surface area contributed by atoms with E-state index < -0.39 is 20.5 Å². The molecule has 0 atom stereocenters. The summed E-state index contributed by atoms with van der Waals surface area (Å²) >= 11 is 1.36. The lowest BCUT2D eigenvalue weighted by molar-refractivity contribution is -0.119. The highest BCUT2D eigenvalue weighted by atomic mass is 32.2. The minimum Gasteiger partial charge on any atom is -0.317 e. The van der Waals surface area contributed by atoms with Crippen LogP contribution in [0.15, 0.2) is 5.38 Å². The van der Waals surface area contributed by atoms with Crippen LogP contribution in [0.2, 0.25) is 0 Å². The molecular weight excluding hydrogens is 360 g/mol. The van der Waals surface area contributed by atoms with Crippen molar-refractivity contribution in [1.82, 2.24) is 15.2 Å². The second-order valence-electron chi connectivity index (χ2n) is 6.95. The molecule has 2 saturated heterocycles. The van der Waals surface area contributed by atoms with Crippen LogP contribution < -0.4 is 10.6 Å². The number of aromatic nitrogens is 1. The van der Waals surface area contributed by atoms with Crippen molar-refractivity contribution in [3.63, 3.8) is 0 Å². The first-order valence-corrected chi connectivity index (χ1v) is 11.6. The molecule has 2 aliphatic rings. The summed E-state index contributed by atoms with van der Waals surface area (Å²) in [4.78, 5) is 19.6. The molecule has 3 rings (SSSR count). The van der Waals surface area contributed by atoms with Crippen LogP contribution >= 0.6 is 11.3 Å². The SMILES string of the molecule is CS(=O)(=O)C1(C(=O)Nc2nc(CN3CCCCC3)cs2)CCNCC1. The number of carbonyl (C=O) groups is 1. The summed E-state index contributed by atoms with van der Waals surface area (Å²) in [7, 11) is -3.51. The molecule has 1 aromatic heterocycles. The molecule has 0 aromatic carbocycles. The largest absolute Gasteiger partial charge is 0.317 e. The van der Waals surface area contributed by atoms with Crippen LogP contribution in [0.1, 0.15) is 37.8 Å². The quantitative estimate of drug-likeness (QED) is 0.791. The first-order valence-electron chi connectivity index (χ1n) is 8.79. The standard InChI is InChI=1S/C16H26N4O3S2/c1-25(22,23)16(5-7-17-8-6-16)14(21)19-15-18-13(12-24-15)11-20-9-3-2-4-10-20/h12,17H,2-11H2,1H3,(H,18,19,21). The minimum absolute atomic E-state index is 0.295. The van der Waals surface area contributed by atoms with Crippen molar-refractivity contribution in [2.45, 2.75) is 43.4 Å². The maximum atomic E-state index is 12.8. The van der Waals surface area contributed by atoms with Crippen molar-refractivity contribution < 1.29 is 13.2 Å². The summed E-state index contributed by atoms with van der Waals surface area (Å²) < 4.78 is 23.2. The summed E-state index contributed by atoms with van der Waals surface area (Å²) in [6, 6.07) is 0. The zero-order valence-corrected chi connectivity index (χ0v) is 16.2. The van der Waals surface area contributed by atoms with Gasteiger partial charge >= 0.3 is 0 Å². The van der Waals surface area contributed by atoms with E-state index in [4.69, 9.17) is 0 Å². The number of hydrogen-bond acceptors (Lipinski definition) is 7. The van der Waals surface area contributed by atoms with E-state index in [0.717, 1.165) is 31.6 Å². The molecule has 0 bridgehead atoms. The van der Waals surface area contributed by atoms with Gasteiger partial charge in [-0.2, -0.15) is 0 Å². The van der Waals surface area contributed by atoms with E-state index in [-0.39, 0.29) is 0 Å². The summed E-state index contributed by atoms with van der Waals surface area (Å²) in [5.41, 5.74) is 0.931. The average Bonchev–Trinajstić information content (AvgIpc) is 3.02. The van der Waals surface area contributed by atoms with E-state index in [0.29, 0.717) is 31.1 Å². The molecule has 3 heterocycles. The first kappa shape index (κ1) is 18.8. The van der Waals surface area contributed by atoms with Crippen LogP contribution in [0, 0.1) is 0 Å². The van der Waals surface area contributed by atoms with E-state index >= 15 is 0 Å². The molecule has 25 heavy (non-hydrogen) atoms. The molecule has 2 aliphatic heterocycles. The Labute approximate surface area is 153 Å². The third-order valence-corrected chi connectivity index (χ3v) is 7.96. The highest BCUT2D eigenvalue weighted by Gasteiger charge is 2.48. The van der Waals surface area contributed by atoms with Crippen molar-refractivity contribution >= 4 is 32.2 Å². The third kappa shape index (κ3) is 4.21. The van der Waals surface area contributed by atoms with Gasteiger partial charge in [-0.05, 0) is 51.9 Å².